The Balaban J connectivity index is 2.73. The van der Waals surface area contributed by atoms with Crippen molar-refractivity contribution in [1.82, 2.24) is 9.97 Å². The second-order valence-electron chi connectivity index (χ2n) is 1.88. The Kier molecular flexibility index (Phi) is 3.31. The molecule has 0 aliphatic heterocycles. The quantitative estimate of drug-likeness (QED) is 0.782. The highest BCUT2D eigenvalue weighted by Gasteiger charge is 2.08. The molecular formula is C5H4Cl4N2. The SMILES string of the molecule is Clc1nc(CC(Cl)Cl)[nH]c1Cl. The molecule has 0 atom stereocenters. The molecule has 0 saturated carbocycles. The molecule has 0 unspecified atom stereocenters. The summed E-state index contributed by atoms with van der Waals surface area (Å²) < 4.78 is 0. The van der Waals surface area contributed by atoms with Crippen molar-refractivity contribution in [2.24, 2.45) is 0 Å². The minimum Gasteiger partial charge on any atom is -0.332 e. The van der Waals surface area contributed by atoms with E-state index in [4.69, 9.17) is 46.4 Å². The molecule has 0 aliphatic rings. The van der Waals surface area contributed by atoms with Crippen LogP contribution in [0.5, 0.6) is 0 Å². The van der Waals surface area contributed by atoms with Gasteiger partial charge in [0, 0.05) is 6.42 Å². The molecule has 1 aromatic rings. The van der Waals surface area contributed by atoms with Crippen LogP contribution < -0.4 is 0 Å². The fraction of sp³-hybridized carbons (Fsp3) is 0.400. The van der Waals surface area contributed by atoms with Gasteiger partial charge in [-0.15, -0.1) is 23.2 Å². The summed E-state index contributed by atoms with van der Waals surface area (Å²) in [6.07, 6.45) is 0.412. The predicted molar refractivity (Wildman–Crippen MR) is 47.8 cm³/mol. The van der Waals surface area contributed by atoms with E-state index in [0.717, 1.165) is 0 Å². The molecule has 0 aromatic carbocycles. The molecule has 0 radical (unpaired) electrons. The Bertz CT molecular complexity index is 225. The van der Waals surface area contributed by atoms with E-state index < -0.39 is 4.84 Å². The van der Waals surface area contributed by atoms with E-state index in [9.17, 15) is 0 Å². The molecular weight excluding hydrogens is 230 g/mol. The van der Waals surface area contributed by atoms with Gasteiger partial charge in [0.05, 0.1) is 0 Å². The summed E-state index contributed by atoms with van der Waals surface area (Å²) in [5, 5.41) is 0.561. The summed E-state index contributed by atoms with van der Waals surface area (Å²) in [5.41, 5.74) is 0. The first-order chi connectivity index (χ1) is 5.09. The van der Waals surface area contributed by atoms with E-state index in [1.807, 2.05) is 0 Å². The summed E-state index contributed by atoms with van der Waals surface area (Å²) in [7, 11) is 0. The second kappa shape index (κ2) is 3.85. The maximum absolute atomic E-state index is 5.58. The Hall–Kier alpha value is 0.370. The van der Waals surface area contributed by atoms with Crippen LogP contribution in [-0.4, -0.2) is 14.8 Å². The average Bonchev–Trinajstić information content (AvgIpc) is 2.10. The summed E-state index contributed by atoms with van der Waals surface area (Å²) in [6, 6.07) is 0. The van der Waals surface area contributed by atoms with Gasteiger partial charge in [-0.25, -0.2) is 4.98 Å². The van der Waals surface area contributed by atoms with Gasteiger partial charge < -0.3 is 4.98 Å². The molecule has 0 fully saturated rings. The zero-order valence-corrected chi connectivity index (χ0v) is 8.27. The van der Waals surface area contributed by atoms with E-state index in [1.54, 1.807) is 0 Å². The van der Waals surface area contributed by atoms with Gasteiger partial charge in [0.25, 0.3) is 0 Å². The Morgan fingerprint density at radius 2 is 2.00 bits per heavy atom. The van der Waals surface area contributed by atoms with E-state index >= 15 is 0 Å². The normalized spacial score (nSPS) is 11.0. The summed E-state index contributed by atoms with van der Waals surface area (Å²) in [4.78, 5) is 6.10. The number of halogens is 4. The minimum absolute atomic E-state index is 0.246. The second-order valence-corrected chi connectivity index (χ2v) is 3.90. The molecule has 1 heterocycles. The van der Waals surface area contributed by atoms with E-state index in [0.29, 0.717) is 17.4 Å². The van der Waals surface area contributed by atoms with Crippen molar-refractivity contribution in [2.45, 2.75) is 11.3 Å². The molecule has 1 N–H and O–H groups in total. The molecule has 1 rings (SSSR count). The van der Waals surface area contributed by atoms with Crippen LogP contribution in [0, 0.1) is 0 Å². The van der Waals surface area contributed by atoms with Crippen LogP contribution in [0.3, 0.4) is 0 Å². The number of hydrogen-bond donors (Lipinski definition) is 1. The third kappa shape index (κ3) is 2.71. The number of imidazole rings is 1. The lowest BCUT2D eigenvalue weighted by molar-refractivity contribution is 0.961. The number of nitrogens with one attached hydrogen (secondary N) is 1. The number of aromatic amines is 1. The van der Waals surface area contributed by atoms with Gasteiger partial charge in [0.15, 0.2) is 5.15 Å². The molecule has 2 nitrogen and oxygen atoms in total. The van der Waals surface area contributed by atoms with Crippen molar-refractivity contribution >= 4 is 46.4 Å². The van der Waals surface area contributed by atoms with Crippen LogP contribution >= 0.6 is 46.4 Å². The Labute approximate surface area is 83.8 Å². The van der Waals surface area contributed by atoms with Crippen molar-refractivity contribution in [1.29, 1.82) is 0 Å². The molecule has 0 bridgehead atoms. The Morgan fingerprint density at radius 3 is 2.36 bits per heavy atom. The molecule has 0 spiro atoms. The lowest BCUT2D eigenvalue weighted by Gasteiger charge is -1.93. The van der Waals surface area contributed by atoms with Gasteiger partial charge in [0.1, 0.15) is 15.8 Å². The summed E-state index contributed by atoms with van der Waals surface area (Å²) >= 11 is 22.1. The topological polar surface area (TPSA) is 28.7 Å². The number of aromatic nitrogens is 2. The summed E-state index contributed by atoms with van der Waals surface area (Å²) in [6.45, 7) is 0. The number of H-pyrrole nitrogens is 1. The van der Waals surface area contributed by atoms with Crippen molar-refractivity contribution in [3.05, 3.63) is 16.1 Å². The van der Waals surface area contributed by atoms with Crippen LogP contribution in [0.4, 0.5) is 0 Å². The minimum atomic E-state index is -0.492. The van der Waals surface area contributed by atoms with Gasteiger partial charge in [0.2, 0.25) is 0 Å². The van der Waals surface area contributed by atoms with Gasteiger partial charge in [-0.3, -0.25) is 0 Å². The van der Waals surface area contributed by atoms with Gasteiger partial charge >= 0.3 is 0 Å². The molecule has 0 saturated heterocycles. The first-order valence-electron chi connectivity index (χ1n) is 2.77. The van der Waals surface area contributed by atoms with Gasteiger partial charge in [-0.1, -0.05) is 23.2 Å². The molecule has 0 amide bonds. The maximum atomic E-state index is 5.58. The number of hydrogen-bond acceptors (Lipinski definition) is 1. The summed E-state index contributed by atoms with van der Waals surface area (Å²) in [5.74, 6) is 0.593. The van der Waals surface area contributed by atoms with Crippen molar-refractivity contribution in [2.75, 3.05) is 0 Å². The number of rotatable bonds is 2. The van der Waals surface area contributed by atoms with E-state index in [1.165, 1.54) is 0 Å². The zero-order chi connectivity index (χ0) is 8.43. The molecule has 6 heteroatoms. The predicted octanol–water partition coefficient (Wildman–Crippen LogP) is 3.06. The lowest BCUT2D eigenvalue weighted by atomic mass is 10.5. The highest BCUT2D eigenvalue weighted by molar-refractivity contribution is 6.44. The first kappa shape index (κ1) is 9.46. The van der Waals surface area contributed by atoms with Crippen LogP contribution in [0.25, 0.3) is 0 Å². The monoisotopic (exact) mass is 232 g/mol. The van der Waals surface area contributed by atoms with E-state index in [2.05, 4.69) is 9.97 Å². The van der Waals surface area contributed by atoms with Crippen LogP contribution in [-0.2, 0) is 6.42 Å². The molecule has 11 heavy (non-hydrogen) atoms. The van der Waals surface area contributed by atoms with E-state index in [-0.39, 0.29) is 5.15 Å². The van der Waals surface area contributed by atoms with Gasteiger partial charge in [-0.05, 0) is 0 Å². The van der Waals surface area contributed by atoms with Crippen LogP contribution in [0.1, 0.15) is 5.82 Å². The molecule has 1 aromatic heterocycles. The molecule has 0 aliphatic carbocycles. The fourth-order valence-corrected chi connectivity index (χ4v) is 1.21. The molecule has 62 valence electrons. The van der Waals surface area contributed by atoms with Gasteiger partial charge in [-0.2, -0.15) is 0 Å². The van der Waals surface area contributed by atoms with Crippen molar-refractivity contribution in [3.63, 3.8) is 0 Å². The number of nitrogens with zero attached hydrogens (tertiary/aromatic N) is 1. The average molecular weight is 234 g/mol. The zero-order valence-electron chi connectivity index (χ0n) is 5.24. The fourth-order valence-electron chi connectivity index (χ4n) is 0.617. The van der Waals surface area contributed by atoms with Crippen molar-refractivity contribution in [3.8, 4) is 0 Å². The highest BCUT2D eigenvalue weighted by atomic mass is 35.5. The highest BCUT2D eigenvalue weighted by Crippen LogP contribution is 2.19. The lowest BCUT2D eigenvalue weighted by Crippen LogP contribution is -1.95. The standard InChI is InChI=1S/C5H4Cl4N2/c6-2(7)1-3-10-4(8)5(9)11-3/h2H,1H2,(H,10,11). The third-order valence-electron chi connectivity index (χ3n) is 1.02. The third-order valence-corrected chi connectivity index (χ3v) is 1.97. The largest absolute Gasteiger partial charge is 0.332 e. The smallest absolute Gasteiger partial charge is 0.166 e. The van der Waals surface area contributed by atoms with Crippen LogP contribution in [0.2, 0.25) is 10.3 Å². The first-order valence-corrected chi connectivity index (χ1v) is 4.40. The van der Waals surface area contributed by atoms with Crippen molar-refractivity contribution < 1.29 is 0 Å². The van der Waals surface area contributed by atoms with Crippen LogP contribution in [0.15, 0.2) is 0 Å². The maximum Gasteiger partial charge on any atom is 0.166 e. The Morgan fingerprint density at radius 1 is 1.36 bits per heavy atom. The number of alkyl halides is 2.